The van der Waals surface area contributed by atoms with E-state index in [1.54, 1.807) is 0 Å². The first-order chi connectivity index (χ1) is 10.0. The Balaban J connectivity index is -0.000000661. The molecule has 0 heterocycles. The number of carboxylic acid groups (broad SMARTS) is 1. The number of hydrogen-bond acceptors (Lipinski definition) is 3. The molecule has 1 aromatic rings. The second kappa shape index (κ2) is 13.5. The molecule has 0 bridgehead atoms. The molecule has 1 amide bonds. The molecule has 0 radical (unpaired) electrons. The molecule has 0 aliphatic heterocycles. The third-order valence-corrected chi connectivity index (χ3v) is 2.00. The van der Waals surface area contributed by atoms with Crippen molar-refractivity contribution in [3.63, 3.8) is 0 Å². The first-order valence-electron chi connectivity index (χ1n) is 6.28. The zero-order valence-corrected chi connectivity index (χ0v) is 13.4. The maximum atomic E-state index is 11.9. The number of hydrogen-bond donors (Lipinski definition) is 3. The molecule has 0 aliphatic carbocycles. The summed E-state index contributed by atoms with van der Waals surface area (Å²) in [4.78, 5) is 10.4. The monoisotopic (exact) mass is 359 g/mol. The van der Waals surface area contributed by atoms with Crippen molar-refractivity contribution in [3.05, 3.63) is 35.7 Å². The van der Waals surface area contributed by atoms with Crippen LogP contribution in [0.4, 0.5) is 18.0 Å². The van der Waals surface area contributed by atoms with Crippen LogP contribution in [-0.2, 0) is 0 Å². The van der Waals surface area contributed by atoms with E-state index in [0.29, 0.717) is 5.56 Å². The van der Waals surface area contributed by atoms with Gasteiger partial charge in [0, 0.05) is 0 Å². The number of benzene rings is 1. The molecule has 1 atom stereocenters. The Kier molecular flexibility index (Phi) is 15.7. The van der Waals surface area contributed by atoms with Crippen molar-refractivity contribution < 1.29 is 51.8 Å². The van der Waals surface area contributed by atoms with Gasteiger partial charge in [-0.1, -0.05) is 12.1 Å². The van der Waals surface area contributed by atoms with E-state index in [-0.39, 0.29) is 36.2 Å². The number of nitrogens with one attached hydrogen (secondary N) is 1. The van der Waals surface area contributed by atoms with Crippen LogP contribution in [0.2, 0.25) is 0 Å². The molecule has 1 rings (SSSR count). The Hall–Kier alpha value is -0.830. The fourth-order valence-corrected chi connectivity index (χ4v) is 1.29. The zero-order valence-electron chi connectivity index (χ0n) is 13.4. The van der Waals surface area contributed by atoms with E-state index in [2.05, 4.69) is 25.5 Å². The molecule has 0 aliphatic rings. The first-order valence-corrected chi connectivity index (χ1v) is 6.28. The summed E-state index contributed by atoms with van der Waals surface area (Å²) in [5, 5.41) is 19.5. The van der Waals surface area contributed by atoms with Crippen LogP contribution in [-0.4, -0.2) is 46.6 Å². The maximum absolute atomic E-state index is 11.9. The van der Waals surface area contributed by atoms with E-state index in [4.69, 9.17) is 10.2 Å². The van der Waals surface area contributed by atoms with Gasteiger partial charge < -0.3 is 26.2 Å². The van der Waals surface area contributed by atoms with Gasteiger partial charge in [0.2, 0.25) is 0 Å². The molecule has 24 heavy (non-hydrogen) atoms. The molecular weight excluding hydrogens is 337 g/mol. The third kappa shape index (κ3) is 14.7. The minimum absolute atomic E-state index is 0. The Morgan fingerprint density at radius 1 is 1.25 bits per heavy atom. The average Bonchev–Trinajstić information content (AvgIpc) is 2.34. The van der Waals surface area contributed by atoms with Crippen LogP contribution in [0.3, 0.4) is 0 Å². The second-order valence-corrected chi connectivity index (χ2v) is 4.80. The molecule has 3 N–H and O–H groups in total. The minimum Gasteiger partial charge on any atom is -0.465 e. The zero-order chi connectivity index (χ0) is 17.3. The summed E-state index contributed by atoms with van der Waals surface area (Å²) in [6, 6.07) is 3.64. The van der Waals surface area contributed by atoms with Gasteiger partial charge >= 0.3 is 31.3 Å². The maximum Gasteiger partial charge on any atom is 1.00 e. The fourth-order valence-electron chi connectivity index (χ4n) is 1.29. The predicted molar refractivity (Wildman–Crippen MR) is 84.3 cm³/mol. The van der Waals surface area contributed by atoms with Crippen molar-refractivity contribution in [3.8, 4) is 5.75 Å². The Bertz CT molecular complexity index is 456. The summed E-state index contributed by atoms with van der Waals surface area (Å²) >= 11 is 0. The van der Waals surface area contributed by atoms with Crippen LogP contribution >= 0.6 is 0 Å². The van der Waals surface area contributed by atoms with Gasteiger partial charge in [-0.05, 0) is 17.7 Å². The van der Waals surface area contributed by atoms with Crippen molar-refractivity contribution in [2.75, 3.05) is 6.61 Å². The van der Waals surface area contributed by atoms with Gasteiger partial charge in [-0.15, -0.1) is 13.2 Å². The van der Waals surface area contributed by atoms with Crippen molar-refractivity contribution in [2.45, 2.75) is 33.2 Å². The Morgan fingerprint density at radius 2 is 1.67 bits per heavy atom. The summed E-state index contributed by atoms with van der Waals surface area (Å²) < 4.78 is 39.3. The van der Waals surface area contributed by atoms with E-state index >= 15 is 0 Å². The van der Waals surface area contributed by atoms with Gasteiger partial charge in [-0.2, -0.15) is 20.8 Å². The number of alkyl halides is 3. The number of rotatable bonds is 4. The molecule has 0 spiro atoms. The fraction of sp³-hybridized carbons (Fsp3) is 0.429. The van der Waals surface area contributed by atoms with E-state index in [1.165, 1.54) is 18.1 Å². The van der Waals surface area contributed by atoms with Gasteiger partial charge in [0.15, 0.2) is 17.4 Å². The van der Waals surface area contributed by atoms with Gasteiger partial charge in [0.1, 0.15) is 5.75 Å². The molecule has 1 aromatic carbocycles. The van der Waals surface area contributed by atoms with Gasteiger partial charge in [-0.3, -0.25) is 0 Å². The molecule has 0 saturated heterocycles. The normalized spacial score (nSPS) is 11.2. The van der Waals surface area contributed by atoms with Crippen molar-refractivity contribution in [2.24, 2.45) is 0 Å². The Morgan fingerprint density at radius 3 is 1.96 bits per heavy atom. The third-order valence-electron chi connectivity index (χ3n) is 2.00. The number of aliphatic hydroxyl groups excluding tert-OH is 1. The van der Waals surface area contributed by atoms with Crippen molar-refractivity contribution in [1.29, 1.82) is 0 Å². The van der Waals surface area contributed by atoms with Crippen LogP contribution in [0.1, 0.15) is 32.4 Å². The molecular formula is C14H22AlF3LiNO4. The summed E-state index contributed by atoms with van der Waals surface area (Å²) in [6.45, 7) is 5.74. The summed E-state index contributed by atoms with van der Waals surface area (Å²) in [6.07, 6.45) is -6.12. The van der Waals surface area contributed by atoms with Crippen LogP contribution in [0.15, 0.2) is 24.3 Å². The average molecular weight is 359 g/mol. The van der Waals surface area contributed by atoms with E-state index in [9.17, 15) is 18.0 Å². The van der Waals surface area contributed by atoms with Crippen molar-refractivity contribution >= 4 is 23.5 Å². The molecule has 132 valence electrons. The molecule has 10 heteroatoms. The minimum atomic E-state index is -4.78. The van der Waals surface area contributed by atoms with Gasteiger partial charge in [0.05, 0.1) is 12.6 Å². The summed E-state index contributed by atoms with van der Waals surface area (Å²) in [5.74, 6) is 0.998. The van der Waals surface area contributed by atoms with Gasteiger partial charge in [0.25, 0.3) is 0 Å². The van der Waals surface area contributed by atoms with Crippen LogP contribution in [0.25, 0.3) is 0 Å². The van der Waals surface area contributed by atoms with Gasteiger partial charge in [-0.25, -0.2) is 4.79 Å². The van der Waals surface area contributed by atoms with Crippen LogP contribution in [0, 0.1) is 5.92 Å². The largest absolute Gasteiger partial charge is 1.00 e. The molecule has 5 nitrogen and oxygen atoms in total. The quantitative estimate of drug-likeness (QED) is 0.492. The predicted octanol–water partition coefficient (Wildman–Crippen LogP) is -0.673. The second-order valence-electron chi connectivity index (χ2n) is 4.80. The van der Waals surface area contributed by atoms with E-state index in [0.717, 1.165) is 12.1 Å². The smallest absolute Gasteiger partial charge is 0.465 e. The standard InChI is InChI=1S/C10H10F3NO4.C4H9.Al.Li.3H/c11-10(12,13)18-7-3-1-6(2-4-7)8(5-15)14-9(16)17;1-4(2)3;;;;;/h1-4,8,14-15H,5H2,(H,16,17);1-3H3;;;;;/q;-1;;+1;;;. The number of halogens is 3. The summed E-state index contributed by atoms with van der Waals surface area (Å²) in [7, 11) is 0. The number of aliphatic hydroxyl groups is 1. The van der Waals surface area contributed by atoms with E-state index < -0.39 is 30.9 Å². The van der Waals surface area contributed by atoms with Crippen LogP contribution in [0.5, 0.6) is 5.75 Å². The van der Waals surface area contributed by atoms with E-state index in [1.807, 2.05) is 5.32 Å². The molecule has 0 saturated carbocycles. The topological polar surface area (TPSA) is 78.8 Å². The Labute approximate surface area is 161 Å². The number of amides is 1. The molecule has 0 fully saturated rings. The number of ether oxygens (including phenoxy) is 1. The SMILES string of the molecule is C[C-](C)C.O=C(O)NC(CO)c1ccc(OC(F)(F)F)cc1.[AlH3].[Li+]. The number of carbonyl (C=O) groups is 1. The first kappa shape index (κ1) is 28.0. The molecule has 1 unspecified atom stereocenters. The summed E-state index contributed by atoms with van der Waals surface area (Å²) in [5.41, 5.74) is 0.328. The van der Waals surface area contributed by atoms with Crippen LogP contribution < -0.4 is 28.9 Å². The van der Waals surface area contributed by atoms with Crippen molar-refractivity contribution in [1.82, 2.24) is 5.32 Å². The molecule has 0 aromatic heterocycles.